The molecule has 8 N–H and O–H groups in total. The van der Waals surface area contributed by atoms with E-state index in [4.69, 9.17) is 31.4 Å². The van der Waals surface area contributed by atoms with Gasteiger partial charge in [-0.05, 0) is 66.2 Å². The first kappa shape index (κ1) is 48.6. The number of likely N-dealkylation sites (N-methyl/N-ethyl adjacent to an activating group) is 1. The Morgan fingerprint density at radius 2 is 1.25 bits per heavy atom. The van der Waals surface area contributed by atoms with Crippen LogP contribution in [0.5, 0.6) is 0 Å². The Morgan fingerprint density at radius 1 is 0.800 bits per heavy atom. The second-order valence-electron chi connectivity index (χ2n) is 9.38. The van der Waals surface area contributed by atoms with Gasteiger partial charge in [-0.25, -0.2) is 0 Å². The molecule has 0 rings (SSSR count). The summed E-state index contributed by atoms with van der Waals surface area (Å²) in [6, 6.07) is 0. The van der Waals surface area contributed by atoms with Crippen LogP contribution in [0.15, 0.2) is 9.98 Å². The summed E-state index contributed by atoms with van der Waals surface area (Å²) in [6.45, 7) is 8.60. The summed E-state index contributed by atoms with van der Waals surface area (Å²) >= 11 is 0. The van der Waals surface area contributed by atoms with Crippen molar-refractivity contribution in [2.45, 2.75) is 77.3 Å². The minimum atomic E-state index is -1.10. The van der Waals surface area contributed by atoms with Crippen molar-refractivity contribution in [2.75, 3.05) is 46.5 Å². The predicted molar refractivity (Wildman–Crippen MR) is 167 cm³/mol. The maximum atomic E-state index is 12.6. The van der Waals surface area contributed by atoms with Crippen molar-refractivity contribution in [3.8, 4) is 0 Å². The first-order chi connectivity index (χ1) is 16.9. The average Bonchev–Trinajstić information content (AvgIpc) is 2.84. The number of nitrogens with one attached hydrogen (secondary N) is 2. The van der Waals surface area contributed by atoms with Gasteiger partial charge < -0.3 is 25.8 Å². The van der Waals surface area contributed by atoms with Crippen LogP contribution in [-0.4, -0.2) is 96.4 Å². The van der Waals surface area contributed by atoms with Gasteiger partial charge in [0.15, 0.2) is 0 Å². The fourth-order valence-electron chi connectivity index (χ4n) is 3.18. The summed E-state index contributed by atoms with van der Waals surface area (Å²) < 4.78 is 10.7. The third kappa shape index (κ3) is 22.5. The van der Waals surface area contributed by atoms with Gasteiger partial charge in [0, 0.05) is 26.7 Å². The van der Waals surface area contributed by atoms with Gasteiger partial charge >= 0.3 is 5.97 Å². The molecule has 0 aliphatic rings. The van der Waals surface area contributed by atoms with Gasteiger partial charge in [0.1, 0.15) is 23.8 Å². The van der Waals surface area contributed by atoms with Crippen molar-refractivity contribution in [2.24, 2.45) is 21.5 Å². The fraction of sp³-hybridized carbons (Fsp3) is 0.826. The molecule has 2 atom stereocenters. The number of unbranched alkanes of at least 4 members (excludes halogenated alkanes) is 2. The van der Waals surface area contributed by atoms with Gasteiger partial charge in [-0.1, -0.05) is 0 Å². The van der Waals surface area contributed by atoms with Crippen molar-refractivity contribution in [1.29, 1.82) is 0 Å². The zero-order chi connectivity index (χ0) is 27.6. The highest BCUT2D eigenvalue weighted by Gasteiger charge is 2.31. The lowest BCUT2D eigenvalue weighted by Gasteiger charge is -2.29. The Bertz CT molecular complexity index is 732. The van der Waals surface area contributed by atoms with Crippen molar-refractivity contribution in [3.05, 3.63) is 0 Å². The molecule has 0 aliphatic heterocycles. The topological polar surface area (TPSA) is 197 Å². The lowest BCUT2D eigenvalue weighted by molar-refractivity contribution is -0.151. The van der Waals surface area contributed by atoms with E-state index in [9.17, 15) is 9.59 Å². The minimum Gasteiger partial charge on any atom is -0.462 e. The molecule has 0 aliphatic carbocycles. The molecule has 17 heteroatoms. The highest BCUT2D eigenvalue weighted by Crippen LogP contribution is 2.14. The summed E-state index contributed by atoms with van der Waals surface area (Å²) in [6.07, 6.45) is 3.86. The number of halogens is 4. The first-order valence-electron chi connectivity index (χ1n) is 12.3. The molecule has 0 aromatic rings. The predicted octanol–water partition coefficient (Wildman–Crippen LogP) is 2.26. The highest BCUT2D eigenvalue weighted by atomic mass is 35.5. The molecular formula is C23H51Cl4N7O6. The molecule has 0 aromatic heterocycles. The Kier molecular flexibility index (Phi) is 32.4. The molecule has 0 bridgehead atoms. The number of esters is 1. The van der Waals surface area contributed by atoms with E-state index in [1.165, 1.54) is 4.90 Å². The van der Waals surface area contributed by atoms with Crippen LogP contribution in [0.1, 0.15) is 66.2 Å². The number of nitrogens with two attached hydrogens (primary N) is 2. The maximum absolute atomic E-state index is 12.6. The largest absolute Gasteiger partial charge is 0.462 e. The SMILES string of the molecule is CC(=NCCCCC(C)(N)C(=O)OCCOCCN(C)C(=O)C(C)(N)CCCCN=C(C)NO)NO.Cl.Cl.Cl.Cl. The van der Waals surface area contributed by atoms with E-state index < -0.39 is 17.0 Å². The molecule has 0 radical (unpaired) electrons. The second kappa shape index (κ2) is 26.7. The van der Waals surface area contributed by atoms with E-state index in [-0.39, 0.29) is 75.4 Å². The number of nitrogens with zero attached hydrogens (tertiary/aromatic N) is 3. The maximum Gasteiger partial charge on any atom is 0.325 e. The van der Waals surface area contributed by atoms with Crippen LogP contribution < -0.4 is 22.4 Å². The molecule has 0 fully saturated rings. The molecule has 0 saturated carbocycles. The Hall–Kier alpha value is -1.16. The van der Waals surface area contributed by atoms with Gasteiger partial charge in [0.05, 0.1) is 18.8 Å². The molecule has 40 heavy (non-hydrogen) atoms. The summed E-state index contributed by atoms with van der Waals surface area (Å²) in [7, 11) is 1.67. The first-order valence-corrected chi connectivity index (χ1v) is 12.3. The van der Waals surface area contributed by atoms with Gasteiger partial charge in [0.25, 0.3) is 0 Å². The van der Waals surface area contributed by atoms with Crippen molar-refractivity contribution in [1.82, 2.24) is 15.9 Å². The smallest absolute Gasteiger partial charge is 0.325 e. The molecule has 0 aromatic carbocycles. The van der Waals surface area contributed by atoms with Crippen LogP contribution in [-0.2, 0) is 19.1 Å². The lowest BCUT2D eigenvalue weighted by Crippen LogP contribution is -2.52. The molecule has 13 nitrogen and oxygen atoms in total. The summed E-state index contributed by atoms with van der Waals surface area (Å²) in [5, 5.41) is 17.4. The monoisotopic (exact) mass is 661 g/mol. The highest BCUT2D eigenvalue weighted by molar-refractivity contribution is 5.86. The van der Waals surface area contributed by atoms with E-state index in [1.807, 2.05) is 11.0 Å². The number of rotatable bonds is 18. The number of aliphatic imine (C=N–C) groups is 2. The summed E-state index contributed by atoms with van der Waals surface area (Å²) in [5.41, 5.74) is 14.1. The van der Waals surface area contributed by atoms with E-state index >= 15 is 0 Å². The number of ether oxygens (including phenoxy) is 2. The third-order valence-corrected chi connectivity index (χ3v) is 5.56. The second-order valence-corrected chi connectivity index (χ2v) is 9.38. The number of carbonyl (C=O) groups is 2. The summed E-state index contributed by atoms with van der Waals surface area (Å²) in [4.78, 5) is 34.6. The van der Waals surface area contributed by atoms with E-state index in [0.717, 1.165) is 19.3 Å². The van der Waals surface area contributed by atoms with Gasteiger partial charge in [-0.2, -0.15) is 0 Å². The van der Waals surface area contributed by atoms with Crippen LogP contribution in [0, 0.1) is 0 Å². The normalized spacial score (nSPS) is 14.0. The number of hydrogen-bond donors (Lipinski definition) is 6. The Balaban J connectivity index is -0.00000102. The quantitative estimate of drug-likeness (QED) is 0.0416. The number of carbonyl (C=O) groups excluding carboxylic acids is 2. The van der Waals surface area contributed by atoms with Crippen LogP contribution in [0.2, 0.25) is 0 Å². The average molecular weight is 664 g/mol. The molecule has 1 amide bonds. The number of amides is 1. The van der Waals surface area contributed by atoms with Crippen LogP contribution in [0.3, 0.4) is 0 Å². The number of amidine groups is 2. The standard InChI is InChI=1S/C23H47N7O6.4ClH/c1-18(28-33)26-12-8-6-10-22(3,24)20(31)30(5)14-15-35-16-17-36-21(32)23(4,25)11-7-9-13-27-19(2)29-34;;;;/h33-34H,6-17,24-25H2,1-5H3,(H,26,28)(H,27,29);4*1H. The van der Waals surface area contributed by atoms with E-state index in [2.05, 4.69) is 9.98 Å². The molecule has 0 heterocycles. The van der Waals surface area contributed by atoms with Gasteiger partial charge in [-0.3, -0.25) is 40.9 Å². The summed E-state index contributed by atoms with van der Waals surface area (Å²) in [5.74, 6) is 0.199. The van der Waals surface area contributed by atoms with Crippen LogP contribution >= 0.6 is 49.6 Å². The van der Waals surface area contributed by atoms with Crippen LogP contribution in [0.25, 0.3) is 0 Å². The third-order valence-electron chi connectivity index (χ3n) is 5.56. The molecule has 0 spiro atoms. The number of hydroxylamine groups is 2. The fourth-order valence-corrected chi connectivity index (χ4v) is 3.18. The van der Waals surface area contributed by atoms with Gasteiger partial charge in [-0.15, -0.1) is 49.6 Å². The molecule has 2 unspecified atom stereocenters. The Morgan fingerprint density at radius 3 is 1.70 bits per heavy atom. The lowest BCUT2D eigenvalue weighted by atomic mass is 9.94. The zero-order valence-electron chi connectivity index (χ0n) is 24.1. The van der Waals surface area contributed by atoms with E-state index in [0.29, 0.717) is 50.6 Å². The van der Waals surface area contributed by atoms with E-state index in [1.54, 1.807) is 34.7 Å². The molecule has 242 valence electrons. The molecule has 0 saturated heterocycles. The molecular weight excluding hydrogens is 612 g/mol. The van der Waals surface area contributed by atoms with Crippen molar-refractivity contribution >= 4 is 73.2 Å². The van der Waals surface area contributed by atoms with Crippen molar-refractivity contribution in [3.63, 3.8) is 0 Å². The number of hydrogen-bond acceptors (Lipinski definition) is 10. The zero-order valence-corrected chi connectivity index (χ0v) is 27.4. The van der Waals surface area contributed by atoms with Crippen LogP contribution in [0.4, 0.5) is 0 Å². The van der Waals surface area contributed by atoms with Crippen molar-refractivity contribution < 1.29 is 29.5 Å². The minimum absolute atomic E-state index is 0. The van der Waals surface area contributed by atoms with Gasteiger partial charge in [0.2, 0.25) is 5.91 Å². The Labute approximate surface area is 263 Å².